The van der Waals surface area contributed by atoms with E-state index in [2.05, 4.69) is 81.3 Å². The molecule has 5 aromatic heterocycles. The number of carbonyl (C=O) groups excluding carboxylic acids is 6. The van der Waals surface area contributed by atoms with E-state index in [0.717, 1.165) is 33.1 Å². The van der Waals surface area contributed by atoms with Crippen LogP contribution in [0.2, 0.25) is 0 Å². The highest BCUT2D eigenvalue weighted by Crippen LogP contribution is 2.16. The lowest BCUT2D eigenvalue weighted by Gasteiger charge is -2.10. The van der Waals surface area contributed by atoms with Crippen molar-refractivity contribution >= 4 is 109 Å². The predicted molar refractivity (Wildman–Crippen MR) is 353 cm³/mol. The number of anilines is 3. The Labute approximate surface area is 542 Å². The van der Waals surface area contributed by atoms with Gasteiger partial charge in [-0.25, -0.2) is 24.2 Å². The zero-order valence-electron chi connectivity index (χ0n) is 49.7. The molecule has 0 aliphatic heterocycles. The van der Waals surface area contributed by atoms with Gasteiger partial charge in [0.1, 0.15) is 31.1 Å². The molecule has 470 valence electrons. The summed E-state index contributed by atoms with van der Waals surface area (Å²) in [6.07, 6.45) is 12.7. The smallest absolute Gasteiger partial charge is 0.350 e. The molecule has 29 heteroatoms. The van der Waals surface area contributed by atoms with Crippen LogP contribution in [0.1, 0.15) is 82.9 Å². The van der Waals surface area contributed by atoms with E-state index in [1.54, 1.807) is 119 Å². The lowest BCUT2D eigenvalue weighted by atomic mass is 10.2. The number of aromatic nitrogens is 9. The van der Waals surface area contributed by atoms with Gasteiger partial charge in [-0.05, 0) is 128 Å². The molecule has 0 saturated heterocycles. The lowest BCUT2D eigenvalue weighted by Crippen LogP contribution is -2.29. The van der Waals surface area contributed by atoms with E-state index in [0.29, 0.717) is 48.4 Å². The number of terminal acetylenes is 1. The molecule has 0 aliphatic carbocycles. The number of unbranched alkanes of at least 4 members (excludes halogenated alkanes) is 1. The number of halogens is 2. The fourth-order valence-corrected chi connectivity index (χ4v) is 8.04. The SMILES string of the molecule is C#CCCC.CCOC(=O)Cn1cc(C#CNC)c(NC(=O)c2ccccc2)nc1=O.CCOC(=O)Cn1cc(I)c(NC(=O)c2ccccc2)nc1=O.CCOC(=O)Cn1cc2cc(CNC)[nH]c2nc1=O.O=C(Nc1[nH]c(=O)ncc1I)c1ccccc1. The standard InChI is InChI=1S/C18H18N4O4.C15H14IN3O4.C12H16N4O3.C11H8IN3O2.C5H8/c1-3-26-15(23)12-22-11-14(9-10-19-2)16(21-18(22)25)20-17(24)13-7-5-4-6-8-13;1-2-23-12(20)9-19-8-11(16)13(18-15(19)22)17-14(21)10-6-4-3-5-7-10;1-3-19-10(17)7-16-6-8-4-9(5-13-2)14-11(8)15-12(16)18;12-8-6-13-11(17)15-9(8)14-10(16)7-4-2-1-3-5-7;1-3-5-4-2/h4-8,11,19H,3,12H2,1-2H3,(H,20,21,24,25);3-8H,2,9H2,1H3,(H,17,18,21,22);4,6,13H,3,5,7H2,1-2H3,(H,14,15,18);1-6H,(H2,13,14,15,16,17);1H,4-5H2,2H3. The molecule has 5 heterocycles. The van der Waals surface area contributed by atoms with Crippen molar-refractivity contribution < 1.29 is 43.0 Å². The highest BCUT2D eigenvalue weighted by Gasteiger charge is 2.17. The first-order chi connectivity index (χ1) is 43.3. The number of H-pyrrole nitrogens is 2. The number of amides is 3. The summed E-state index contributed by atoms with van der Waals surface area (Å²) in [7, 11) is 3.45. The first-order valence-corrected chi connectivity index (χ1v) is 29.5. The van der Waals surface area contributed by atoms with Gasteiger partial charge in [-0.2, -0.15) is 15.0 Å². The number of aromatic amines is 2. The van der Waals surface area contributed by atoms with E-state index in [-0.39, 0.29) is 61.9 Å². The fraction of sp³-hybridized carbons (Fsp3) is 0.246. The van der Waals surface area contributed by atoms with Crippen molar-refractivity contribution in [2.24, 2.45) is 0 Å². The Balaban J connectivity index is 0.000000252. The summed E-state index contributed by atoms with van der Waals surface area (Å²) in [5.41, 5.74) is 0.839. The second-order valence-corrected chi connectivity index (χ2v) is 20.1. The van der Waals surface area contributed by atoms with Gasteiger partial charge >= 0.3 is 40.7 Å². The molecule has 7 N–H and O–H groups in total. The van der Waals surface area contributed by atoms with Crippen LogP contribution >= 0.6 is 45.2 Å². The van der Waals surface area contributed by atoms with Gasteiger partial charge in [0.05, 0.1) is 32.5 Å². The quantitative estimate of drug-likeness (QED) is 0.0188. The van der Waals surface area contributed by atoms with Crippen molar-refractivity contribution in [3.8, 4) is 24.3 Å². The van der Waals surface area contributed by atoms with Crippen LogP contribution in [0.4, 0.5) is 17.5 Å². The molecule has 0 fully saturated rings. The van der Waals surface area contributed by atoms with E-state index in [9.17, 15) is 47.9 Å². The summed E-state index contributed by atoms with van der Waals surface area (Å²) in [5, 5.41) is 14.2. The maximum Gasteiger partial charge on any atom is 0.350 e. The number of esters is 3. The van der Waals surface area contributed by atoms with Crippen LogP contribution in [-0.4, -0.2) is 113 Å². The molecular weight excluding hydrogens is 1390 g/mol. The average Bonchev–Trinajstić information content (AvgIpc) is 1.73. The summed E-state index contributed by atoms with van der Waals surface area (Å²) in [4.78, 5) is 138. The Bertz CT molecular complexity index is 4080. The van der Waals surface area contributed by atoms with E-state index >= 15 is 0 Å². The molecule has 27 nitrogen and oxygen atoms in total. The van der Waals surface area contributed by atoms with Gasteiger partial charge in [0, 0.05) is 78.6 Å². The topological polar surface area (TPSA) is 356 Å². The maximum absolute atomic E-state index is 12.3. The van der Waals surface area contributed by atoms with E-state index in [1.165, 1.54) is 23.2 Å². The largest absolute Gasteiger partial charge is 0.465 e. The third-order valence-electron chi connectivity index (χ3n) is 11.0. The third kappa shape index (κ3) is 24.6. The van der Waals surface area contributed by atoms with Crippen LogP contribution in [-0.2, 0) is 54.8 Å². The second kappa shape index (κ2) is 38.9. The van der Waals surface area contributed by atoms with E-state index in [4.69, 9.17) is 20.6 Å². The highest BCUT2D eigenvalue weighted by atomic mass is 127. The van der Waals surface area contributed by atoms with Gasteiger partial charge < -0.3 is 45.8 Å². The number of benzene rings is 3. The van der Waals surface area contributed by atoms with Crippen LogP contribution in [0, 0.1) is 31.4 Å². The third-order valence-corrected chi connectivity index (χ3v) is 12.7. The lowest BCUT2D eigenvalue weighted by molar-refractivity contribution is -0.144. The van der Waals surface area contributed by atoms with Crippen LogP contribution in [0.5, 0.6) is 0 Å². The van der Waals surface area contributed by atoms with Crippen LogP contribution < -0.4 is 49.3 Å². The highest BCUT2D eigenvalue weighted by molar-refractivity contribution is 14.1. The molecule has 0 radical (unpaired) electrons. The number of nitrogens with one attached hydrogen (secondary N) is 7. The summed E-state index contributed by atoms with van der Waals surface area (Å²) in [6, 6.07) is 30.4. The monoisotopic (exact) mass is 1450 g/mol. The number of hydrogen-bond donors (Lipinski definition) is 7. The van der Waals surface area contributed by atoms with Gasteiger partial charge in [0.2, 0.25) is 0 Å². The first-order valence-electron chi connectivity index (χ1n) is 27.3. The second-order valence-electron chi connectivity index (χ2n) is 17.8. The van der Waals surface area contributed by atoms with Crippen molar-refractivity contribution in [2.45, 2.75) is 66.7 Å². The number of fused-ring (bicyclic) bond motifs is 1. The molecule has 3 amide bonds. The molecule has 0 aliphatic rings. The van der Waals surface area contributed by atoms with Crippen molar-refractivity contribution in [2.75, 3.05) is 49.9 Å². The molecule has 0 unspecified atom stereocenters. The zero-order chi connectivity index (χ0) is 66.0. The van der Waals surface area contributed by atoms with Crippen LogP contribution in [0.15, 0.2) is 141 Å². The molecule has 0 bridgehead atoms. The minimum Gasteiger partial charge on any atom is -0.465 e. The fourth-order valence-electron chi connectivity index (χ4n) is 7.04. The summed E-state index contributed by atoms with van der Waals surface area (Å²) >= 11 is 3.92. The number of ether oxygens (including phenoxy) is 3. The summed E-state index contributed by atoms with van der Waals surface area (Å²) < 4.78 is 19.1. The van der Waals surface area contributed by atoms with Gasteiger partial charge in [0.25, 0.3) is 17.7 Å². The minimum atomic E-state index is -0.698. The molecule has 0 saturated carbocycles. The predicted octanol–water partition coefficient (Wildman–Crippen LogP) is 5.30. The Morgan fingerprint density at radius 2 is 1.04 bits per heavy atom. The van der Waals surface area contributed by atoms with Crippen molar-refractivity contribution in [1.82, 2.24) is 54.2 Å². The molecule has 0 atom stereocenters. The van der Waals surface area contributed by atoms with Gasteiger partial charge in [-0.15, -0.1) is 12.3 Å². The van der Waals surface area contributed by atoms with Crippen molar-refractivity contribution in [1.29, 1.82) is 0 Å². The summed E-state index contributed by atoms with van der Waals surface area (Å²) in [6.45, 7) is 7.91. The van der Waals surface area contributed by atoms with Crippen molar-refractivity contribution in [3.05, 3.63) is 199 Å². The summed E-state index contributed by atoms with van der Waals surface area (Å²) in [5.74, 6) is 3.21. The normalized spacial score (nSPS) is 9.90. The van der Waals surface area contributed by atoms with Gasteiger partial charge in [-0.1, -0.05) is 61.5 Å². The molecule has 0 spiro atoms. The van der Waals surface area contributed by atoms with Crippen LogP contribution in [0.3, 0.4) is 0 Å². The molecule has 90 heavy (non-hydrogen) atoms. The number of carbonyl (C=O) groups is 6. The first kappa shape index (κ1) is 72.4. The Hall–Kier alpha value is -10.1. The molecule has 8 aromatic rings. The molecule has 3 aromatic carbocycles. The van der Waals surface area contributed by atoms with Gasteiger partial charge in [-0.3, -0.25) is 47.5 Å². The molecular formula is C61H64I2N14O13. The number of nitrogens with zero attached hydrogens (tertiary/aromatic N) is 7. The van der Waals surface area contributed by atoms with E-state index in [1.807, 2.05) is 64.4 Å². The average molecular weight is 1460 g/mol. The van der Waals surface area contributed by atoms with Gasteiger partial charge in [0.15, 0.2) is 11.6 Å². The Morgan fingerprint density at radius 1 is 0.589 bits per heavy atom. The Kier molecular flexibility index (Phi) is 31.3. The van der Waals surface area contributed by atoms with E-state index < -0.39 is 46.6 Å². The number of rotatable bonds is 18. The Morgan fingerprint density at radius 3 is 1.50 bits per heavy atom. The van der Waals surface area contributed by atoms with Crippen LogP contribution in [0.25, 0.3) is 11.0 Å². The zero-order valence-corrected chi connectivity index (χ0v) is 54.0. The maximum atomic E-state index is 12.3. The minimum absolute atomic E-state index is 0.0201. The number of hydrogen-bond acceptors (Lipinski definition) is 19. The van der Waals surface area contributed by atoms with Crippen molar-refractivity contribution in [3.63, 3.8) is 0 Å². The molecule has 8 rings (SSSR count).